The molecule has 1 heterocycles. The second kappa shape index (κ2) is 7.65. The van der Waals surface area contributed by atoms with Crippen LogP contribution in [0.3, 0.4) is 0 Å². The topological polar surface area (TPSA) is 83.6 Å². The van der Waals surface area contributed by atoms with E-state index in [1.54, 1.807) is 0 Å². The monoisotopic (exact) mass is 344 g/mol. The number of hydrogen-bond donors (Lipinski definition) is 2. The largest absolute Gasteiger partial charge is 0.481 e. The smallest absolute Gasteiger partial charge is 0.312 e. The zero-order chi connectivity index (χ0) is 17.9. The molecule has 1 aliphatic rings. The zero-order valence-electron chi connectivity index (χ0n) is 13.0. The maximum absolute atomic E-state index is 13.7. The van der Waals surface area contributed by atoms with Gasteiger partial charge in [-0.3, -0.25) is 9.59 Å². The fraction of sp³-hybridized carbons (Fsp3) is 0.500. The summed E-state index contributed by atoms with van der Waals surface area (Å²) in [6.07, 6.45) is 0.628. The van der Waals surface area contributed by atoms with Gasteiger partial charge in [0.1, 0.15) is 12.2 Å². The summed E-state index contributed by atoms with van der Waals surface area (Å²) in [6, 6.07) is 0.863. The lowest BCUT2D eigenvalue weighted by molar-refractivity contribution is -0.144. The maximum Gasteiger partial charge on any atom is 0.312 e. The highest BCUT2D eigenvalue weighted by molar-refractivity contribution is 5.93. The van der Waals surface area contributed by atoms with Gasteiger partial charge in [0.25, 0.3) is 0 Å². The van der Waals surface area contributed by atoms with Gasteiger partial charge >= 0.3 is 5.97 Å². The summed E-state index contributed by atoms with van der Waals surface area (Å²) in [5.41, 5.74) is 6.08. The second-order valence-electron chi connectivity index (χ2n) is 6.01. The number of piperidine rings is 1. The van der Waals surface area contributed by atoms with Crippen LogP contribution in [0, 0.1) is 23.4 Å². The van der Waals surface area contributed by atoms with Crippen LogP contribution in [0.4, 0.5) is 13.2 Å². The van der Waals surface area contributed by atoms with Gasteiger partial charge in [-0.25, -0.2) is 13.2 Å². The maximum atomic E-state index is 13.7. The van der Waals surface area contributed by atoms with Gasteiger partial charge in [0.05, 0.1) is 0 Å². The Kier molecular flexibility index (Phi) is 5.82. The Balaban J connectivity index is 1.91. The van der Waals surface area contributed by atoms with E-state index >= 15 is 0 Å². The normalized spacial score (nSPS) is 16.9. The van der Waals surface area contributed by atoms with E-state index in [9.17, 15) is 22.8 Å². The molecule has 0 aliphatic carbocycles. The van der Waals surface area contributed by atoms with Gasteiger partial charge in [-0.2, -0.15) is 0 Å². The molecule has 24 heavy (non-hydrogen) atoms. The molecular formula is C16H19F3N2O3. The molecule has 1 amide bonds. The third-order valence-electron chi connectivity index (χ3n) is 4.35. The van der Waals surface area contributed by atoms with E-state index in [1.165, 1.54) is 4.90 Å². The van der Waals surface area contributed by atoms with Gasteiger partial charge < -0.3 is 15.7 Å². The van der Waals surface area contributed by atoms with Crippen LogP contribution in [0.5, 0.6) is 0 Å². The third-order valence-corrected chi connectivity index (χ3v) is 4.35. The summed E-state index contributed by atoms with van der Waals surface area (Å²) in [4.78, 5) is 23.7. The van der Waals surface area contributed by atoms with E-state index < -0.39 is 41.8 Å². The summed E-state index contributed by atoms with van der Waals surface area (Å²) in [7, 11) is 0. The Hall–Kier alpha value is -2.09. The van der Waals surface area contributed by atoms with Crippen molar-refractivity contribution in [2.75, 3.05) is 13.1 Å². The molecule has 0 spiro atoms. The molecule has 132 valence electrons. The van der Waals surface area contributed by atoms with Crippen molar-refractivity contribution >= 4 is 11.9 Å². The van der Waals surface area contributed by atoms with Gasteiger partial charge in [-0.05, 0) is 36.8 Å². The number of carboxylic acids is 1. The highest BCUT2D eigenvalue weighted by Crippen LogP contribution is 2.24. The average molecular weight is 344 g/mol. The molecule has 1 aromatic carbocycles. The van der Waals surface area contributed by atoms with Crippen LogP contribution in [0.2, 0.25) is 0 Å². The Morgan fingerprint density at radius 2 is 1.75 bits per heavy atom. The highest BCUT2D eigenvalue weighted by Gasteiger charge is 2.28. The van der Waals surface area contributed by atoms with E-state index in [0.29, 0.717) is 32.0 Å². The summed E-state index contributed by atoms with van der Waals surface area (Å²) in [5.74, 6) is -4.82. The fourth-order valence-electron chi connectivity index (χ4n) is 2.96. The number of halogens is 3. The first-order valence-corrected chi connectivity index (χ1v) is 7.66. The van der Waals surface area contributed by atoms with Crippen molar-refractivity contribution in [2.24, 2.45) is 11.7 Å². The second-order valence-corrected chi connectivity index (χ2v) is 6.01. The summed E-state index contributed by atoms with van der Waals surface area (Å²) >= 11 is 0. The van der Waals surface area contributed by atoms with Crippen LogP contribution in [0.25, 0.3) is 0 Å². The van der Waals surface area contributed by atoms with E-state index in [1.807, 2.05) is 0 Å². The number of carbonyl (C=O) groups excluding carboxylic acids is 1. The number of amides is 1. The van der Waals surface area contributed by atoms with E-state index in [-0.39, 0.29) is 17.9 Å². The lowest BCUT2D eigenvalue weighted by Gasteiger charge is -2.34. The molecule has 8 heteroatoms. The van der Waals surface area contributed by atoms with Crippen LogP contribution in [-0.4, -0.2) is 41.0 Å². The van der Waals surface area contributed by atoms with Crippen LogP contribution >= 0.6 is 0 Å². The molecule has 5 nitrogen and oxygen atoms in total. The number of aliphatic carboxylic acids is 1. The highest BCUT2D eigenvalue weighted by atomic mass is 19.2. The van der Waals surface area contributed by atoms with Crippen LogP contribution < -0.4 is 5.73 Å². The van der Waals surface area contributed by atoms with Crippen molar-refractivity contribution < 1.29 is 27.9 Å². The molecule has 0 aromatic heterocycles. The first-order chi connectivity index (χ1) is 11.3. The van der Waals surface area contributed by atoms with Crippen molar-refractivity contribution in [1.82, 2.24) is 4.90 Å². The number of nitrogens with zero attached hydrogens (tertiary/aromatic N) is 1. The third kappa shape index (κ3) is 4.47. The van der Waals surface area contributed by atoms with Crippen LogP contribution in [0.1, 0.15) is 24.8 Å². The molecule has 0 saturated carbocycles. The molecular weight excluding hydrogens is 325 g/mol. The number of nitrogens with two attached hydrogens (primary N) is 1. The number of carbonyl (C=O) groups is 2. The molecule has 0 bridgehead atoms. The average Bonchev–Trinajstić information content (AvgIpc) is 2.52. The predicted molar refractivity (Wildman–Crippen MR) is 79.6 cm³/mol. The minimum atomic E-state index is -1.24. The number of benzene rings is 1. The van der Waals surface area contributed by atoms with Gasteiger partial charge in [0.2, 0.25) is 5.91 Å². The molecule has 1 saturated heterocycles. The number of rotatable bonds is 5. The van der Waals surface area contributed by atoms with Gasteiger partial charge in [0.15, 0.2) is 11.6 Å². The van der Waals surface area contributed by atoms with Crippen molar-refractivity contribution in [1.29, 1.82) is 0 Å². The molecule has 1 fully saturated rings. The Morgan fingerprint density at radius 1 is 1.17 bits per heavy atom. The van der Waals surface area contributed by atoms with Crippen molar-refractivity contribution in [3.8, 4) is 0 Å². The van der Waals surface area contributed by atoms with Gasteiger partial charge in [0, 0.05) is 25.2 Å². The standard InChI is InChI=1S/C16H19F3N2O3/c17-11-7-13(19)12(18)5-10(11)6-14(20)9-1-3-21(4-2-9)15(22)8-16(23)24/h5,7,9,14H,1-4,6,8,20H2,(H,23,24)/t14-/m1/s1. The first kappa shape index (κ1) is 18.3. The quantitative estimate of drug-likeness (QED) is 0.629. The molecule has 0 radical (unpaired) electrons. The Labute approximate surface area is 137 Å². The molecule has 2 rings (SSSR count). The predicted octanol–water partition coefficient (Wildman–Crippen LogP) is 1.69. The Morgan fingerprint density at radius 3 is 2.33 bits per heavy atom. The molecule has 1 aliphatic heterocycles. The van der Waals surface area contributed by atoms with E-state index in [4.69, 9.17) is 10.8 Å². The zero-order valence-corrected chi connectivity index (χ0v) is 13.0. The van der Waals surface area contributed by atoms with Crippen molar-refractivity contribution in [3.05, 3.63) is 35.1 Å². The van der Waals surface area contributed by atoms with E-state index in [2.05, 4.69) is 0 Å². The van der Waals surface area contributed by atoms with Gasteiger partial charge in [-0.1, -0.05) is 0 Å². The lowest BCUT2D eigenvalue weighted by Crippen LogP contribution is -2.44. The fourth-order valence-corrected chi connectivity index (χ4v) is 2.96. The molecule has 0 unspecified atom stereocenters. The number of likely N-dealkylation sites (tertiary alicyclic amines) is 1. The molecule has 1 aromatic rings. The van der Waals surface area contributed by atoms with Crippen molar-refractivity contribution in [2.45, 2.75) is 31.7 Å². The number of hydrogen-bond acceptors (Lipinski definition) is 3. The van der Waals surface area contributed by atoms with Gasteiger partial charge in [-0.15, -0.1) is 0 Å². The molecule has 3 N–H and O–H groups in total. The minimum absolute atomic E-state index is 0.00797. The summed E-state index contributed by atoms with van der Waals surface area (Å²) in [6.45, 7) is 0.759. The molecule has 1 atom stereocenters. The minimum Gasteiger partial charge on any atom is -0.481 e. The Bertz CT molecular complexity index is 631. The van der Waals surface area contributed by atoms with Crippen LogP contribution in [0.15, 0.2) is 12.1 Å². The first-order valence-electron chi connectivity index (χ1n) is 7.66. The summed E-state index contributed by atoms with van der Waals surface area (Å²) in [5, 5.41) is 8.63. The SMILES string of the molecule is N[C@H](Cc1cc(F)c(F)cc1F)C1CCN(C(=O)CC(=O)O)CC1. The van der Waals surface area contributed by atoms with Crippen LogP contribution in [-0.2, 0) is 16.0 Å². The van der Waals surface area contributed by atoms with E-state index in [0.717, 1.165) is 6.07 Å². The van der Waals surface area contributed by atoms with Crippen molar-refractivity contribution in [3.63, 3.8) is 0 Å². The summed E-state index contributed by atoms with van der Waals surface area (Å²) < 4.78 is 39.8. The lowest BCUT2D eigenvalue weighted by atomic mass is 9.86. The number of carboxylic acid groups (broad SMARTS) is 1.